The molecule has 7 heteroatoms. The Morgan fingerprint density at radius 3 is 2.55 bits per heavy atom. The van der Waals surface area contributed by atoms with Gasteiger partial charge >= 0.3 is 0 Å². The molecule has 4 N–H and O–H groups in total. The zero-order valence-electron chi connectivity index (χ0n) is 11.1. The van der Waals surface area contributed by atoms with Gasteiger partial charge in [-0.1, -0.05) is 25.4 Å². The minimum absolute atomic E-state index is 0.218. The van der Waals surface area contributed by atoms with Gasteiger partial charge in [0.1, 0.15) is 18.0 Å². The average Bonchev–Trinajstić information content (AvgIpc) is 2.41. The summed E-state index contributed by atoms with van der Waals surface area (Å²) in [6.45, 7) is 4.11. The molecule has 1 aromatic heterocycles. The van der Waals surface area contributed by atoms with Crippen molar-refractivity contribution in [2.75, 3.05) is 10.7 Å². The summed E-state index contributed by atoms with van der Waals surface area (Å²) in [5, 5.41) is 3.94. The first-order valence-electron chi connectivity index (χ1n) is 6.06. The van der Waals surface area contributed by atoms with E-state index in [1.807, 2.05) is 18.2 Å². The highest BCUT2D eigenvalue weighted by atomic mass is 79.9. The number of halogens is 2. The molecule has 20 heavy (non-hydrogen) atoms. The van der Waals surface area contributed by atoms with Gasteiger partial charge in [0.05, 0.1) is 5.69 Å². The Hall–Kier alpha value is -1.37. The van der Waals surface area contributed by atoms with Gasteiger partial charge in [-0.2, -0.15) is 0 Å². The molecule has 0 aliphatic carbocycles. The zero-order valence-corrected chi connectivity index (χ0v) is 13.5. The van der Waals surface area contributed by atoms with Crippen molar-refractivity contribution in [1.82, 2.24) is 9.97 Å². The molecule has 0 saturated heterocycles. The third kappa shape index (κ3) is 3.20. The molecule has 5 nitrogen and oxygen atoms in total. The minimum Gasteiger partial charge on any atom is -0.339 e. The van der Waals surface area contributed by atoms with Gasteiger partial charge in [0.25, 0.3) is 0 Å². The van der Waals surface area contributed by atoms with Crippen molar-refractivity contribution >= 4 is 44.9 Å². The van der Waals surface area contributed by atoms with E-state index >= 15 is 0 Å². The Balaban J connectivity index is 2.43. The predicted octanol–water partition coefficient (Wildman–Crippen LogP) is 4.05. The van der Waals surface area contributed by atoms with Crippen LogP contribution in [0, 0.1) is 0 Å². The molecule has 0 unspecified atom stereocenters. The molecule has 0 spiro atoms. The number of nitrogens with one attached hydrogen (secondary N) is 2. The molecule has 0 atom stereocenters. The molecule has 0 amide bonds. The molecule has 2 rings (SSSR count). The lowest BCUT2D eigenvalue weighted by atomic mass is 10.0. The number of benzene rings is 1. The highest BCUT2D eigenvalue weighted by molar-refractivity contribution is 9.10. The lowest BCUT2D eigenvalue weighted by Crippen LogP contribution is -2.14. The third-order valence-electron chi connectivity index (χ3n) is 2.78. The van der Waals surface area contributed by atoms with Gasteiger partial charge in [-0.15, -0.1) is 0 Å². The van der Waals surface area contributed by atoms with E-state index in [1.165, 1.54) is 6.33 Å². The molecule has 0 aliphatic heterocycles. The number of hydrogen-bond acceptors (Lipinski definition) is 5. The largest absolute Gasteiger partial charge is 0.339 e. The minimum atomic E-state index is 0.218. The van der Waals surface area contributed by atoms with Crippen LogP contribution in [-0.4, -0.2) is 9.97 Å². The number of anilines is 3. The summed E-state index contributed by atoms with van der Waals surface area (Å²) in [4.78, 5) is 8.43. The highest BCUT2D eigenvalue weighted by Gasteiger charge is 2.15. The Bertz CT molecular complexity index is 618. The number of rotatable bonds is 4. The highest BCUT2D eigenvalue weighted by Crippen LogP contribution is 2.33. The van der Waals surface area contributed by atoms with Gasteiger partial charge in [-0.3, -0.25) is 0 Å². The summed E-state index contributed by atoms with van der Waals surface area (Å²) >= 11 is 9.41. The summed E-state index contributed by atoms with van der Waals surface area (Å²) in [5.41, 5.74) is 4.40. The van der Waals surface area contributed by atoms with Crippen LogP contribution in [0.15, 0.2) is 29.0 Å². The maximum atomic E-state index is 5.94. The quantitative estimate of drug-likeness (QED) is 0.569. The summed E-state index contributed by atoms with van der Waals surface area (Å²) < 4.78 is 0.862. The second kappa shape index (κ2) is 6.39. The number of nitrogens with zero attached hydrogens (tertiary/aromatic N) is 2. The first-order chi connectivity index (χ1) is 9.52. The first kappa shape index (κ1) is 15.0. The lowest BCUT2D eigenvalue weighted by Gasteiger charge is -2.17. The van der Waals surface area contributed by atoms with Gasteiger partial charge in [-0.05, 0) is 40.0 Å². The van der Waals surface area contributed by atoms with Crippen LogP contribution in [0.5, 0.6) is 0 Å². The maximum Gasteiger partial charge on any atom is 0.148 e. The third-order valence-corrected chi connectivity index (χ3v) is 3.67. The summed E-state index contributed by atoms with van der Waals surface area (Å²) in [5.74, 6) is 7.05. The van der Waals surface area contributed by atoms with Crippen LogP contribution in [-0.2, 0) is 0 Å². The Morgan fingerprint density at radius 2 is 1.95 bits per heavy atom. The fraction of sp³-hybridized carbons (Fsp3) is 0.231. The summed E-state index contributed by atoms with van der Waals surface area (Å²) in [6, 6.07) is 5.52. The molecular weight excluding hydrogens is 342 g/mol. The molecule has 1 aromatic carbocycles. The van der Waals surface area contributed by atoms with Crippen LogP contribution in [0.3, 0.4) is 0 Å². The standard InChI is InChI=1S/C13H15BrClN5/c1-7(2)11-12(17-6-18-13(11)20-16)19-10-4-3-8(15)5-9(10)14/h3-7H,16H2,1-2H3,(H2,17,18,19,20). The fourth-order valence-corrected chi connectivity index (χ4v) is 2.66. The average molecular weight is 357 g/mol. The lowest BCUT2D eigenvalue weighted by molar-refractivity contribution is 0.850. The summed E-state index contributed by atoms with van der Waals surface area (Å²) in [7, 11) is 0. The molecule has 1 heterocycles. The van der Waals surface area contributed by atoms with E-state index in [9.17, 15) is 0 Å². The molecule has 0 aliphatic rings. The van der Waals surface area contributed by atoms with Gasteiger partial charge in [0, 0.05) is 15.1 Å². The van der Waals surface area contributed by atoms with Crippen LogP contribution in [0.25, 0.3) is 0 Å². The van der Waals surface area contributed by atoms with Crippen molar-refractivity contribution in [1.29, 1.82) is 0 Å². The maximum absolute atomic E-state index is 5.94. The first-order valence-corrected chi connectivity index (χ1v) is 7.23. The van der Waals surface area contributed by atoms with E-state index in [0.717, 1.165) is 15.7 Å². The fourth-order valence-electron chi connectivity index (χ4n) is 1.88. The predicted molar refractivity (Wildman–Crippen MR) is 86.4 cm³/mol. The molecule has 0 saturated carbocycles. The van der Waals surface area contributed by atoms with Crippen molar-refractivity contribution < 1.29 is 0 Å². The number of nitrogen functional groups attached to an aromatic ring is 1. The van der Waals surface area contributed by atoms with Crippen molar-refractivity contribution in [2.45, 2.75) is 19.8 Å². The SMILES string of the molecule is CC(C)c1c(NN)ncnc1Nc1ccc(Cl)cc1Br. The van der Waals surface area contributed by atoms with Crippen molar-refractivity contribution in [3.05, 3.63) is 39.6 Å². The molecule has 106 valence electrons. The second-order valence-corrected chi connectivity index (χ2v) is 5.82. The van der Waals surface area contributed by atoms with Crippen LogP contribution in [0.1, 0.15) is 25.3 Å². The van der Waals surface area contributed by atoms with Crippen LogP contribution >= 0.6 is 27.5 Å². The Kier molecular flexibility index (Phi) is 4.80. The number of hydrogen-bond donors (Lipinski definition) is 3. The number of aromatic nitrogens is 2. The van der Waals surface area contributed by atoms with Crippen LogP contribution in [0.2, 0.25) is 5.02 Å². The van der Waals surface area contributed by atoms with Crippen LogP contribution < -0.4 is 16.6 Å². The monoisotopic (exact) mass is 355 g/mol. The number of nitrogens with two attached hydrogens (primary N) is 1. The smallest absolute Gasteiger partial charge is 0.148 e. The molecule has 0 fully saturated rings. The zero-order chi connectivity index (χ0) is 14.7. The van der Waals surface area contributed by atoms with Crippen molar-refractivity contribution in [3.63, 3.8) is 0 Å². The van der Waals surface area contributed by atoms with E-state index in [0.29, 0.717) is 16.7 Å². The van der Waals surface area contributed by atoms with E-state index in [-0.39, 0.29) is 5.92 Å². The van der Waals surface area contributed by atoms with Crippen LogP contribution in [0.4, 0.5) is 17.3 Å². The van der Waals surface area contributed by atoms with Gasteiger partial charge in [0.2, 0.25) is 0 Å². The van der Waals surface area contributed by atoms with E-state index in [1.54, 1.807) is 0 Å². The van der Waals surface area contributed by atoms with Gasteiger partial charge in [0.15, 0.2) is 0 Å². The topological polar surface area (TPSA) is 75.9 Å². The molecule has 0 bridgehead atoms. The Labute approximate surface area is 131 Å². The molecule has 2 aromatic rings. The normalized spacial score (nSPS) is 10.7. The second-order valence-electron chi connectivity index (χ2n) is 4.53. The molecule has 0 radical (unpaired) electrons. The van der Waals surface area contributed by atoms with Crippen molar-refractivity contribution in [2.24, 2.45) is 5.84 Å². The Morgan fingerprint density at radius 1 is 1.25 bits per heavy atom. The van der Waals surface area contributed by atoms with E-state index < -0.39 is 0 Å². The number of hydrazine groups is 1. The van der Waals surface area contributed by atoms with E-state index in [2.05, 4.69) is 50.5 Å². The summed E-state index contributed by atoms with van der Waals surface area (Å²) in [6.07, 6.45) is 1.47. The van der Waals surface area contributed by atoms with Gasteiger partial charge in [-0.25, -0.2) is 15.8 Å². The molecular formula is C13H15BrClN5. The van der Waals surface area contributed by atoms with Gasteiger partial charge < -0.3 is 10.7 Å². The van der Waals surface area contributed by atoms with E-state index in [4.69, 9.17) is 17.4 Å². The van der Waals surface area contributed by atoms with Crippen molar-refractivity contribution in [3.8, 4) is 0 Å².